The molecule has 0 N–H and O–H groups in total. The lowest BCUT2D eigenvalue weighted by molar-refractivity contribution is 0.633. The molecule has 0 amide bonds. The highest BCUT2D eigenvalue weighted by molar-refractivity contribution is 6.03. The molecular weight excluding hydrogens is 354 g/mol. The maximum Gasteiger partial charge on any atom is 0.151 e. The van der Waals surface area contributed by atoms with Crippen LogP contribution in [0.3, 0.4) is 0 Å². The second kappa shape index (κ2) is 8.44. The summed E-state index contributed by atoms with van der Waals surface area (Å²) >= 11 is 0. The second-order valence-corrected chi connectivity index (χ2v) is 7.37. The topological polar surface area (TPSA) is 30.2 Å². The Bertz CT molecular complexity index is 1120. The van der Waals surface area contributed by atoms with Gasteiger partial charge < -0.3 is 4.57 Å². The van der Waals surface area contributed by atoms with Gasteiger partial charge >= 0.3 is 0 Å². The Kier molecular flexibility index (Phi) is 5.57. The van der Waals surface area contributed by atoms with E-state index in [1.165, 1.54) is 16.7 Å². The molecule has 0 aliphatic rings. The van der Waals surface area contributed by atoms with Crippen molar-refractivity contribution < 1.29 is 0 Å². The third kappa shape index (κ3) is 3.73. The zero-order chi connectivity index (χ0) is 20.2. The van der Waals surface area contributed by atoms with E-state index in [1.54, 1.807) is 0 Å². The van der Waals surface area contributed by atoms with Gasteiger partial charge in [-0.2, -0.15) is 0 Å². The van der Waals surface area contributed by atoms with Gasteiger partial charge in [0.05, 0.1) is 17.2 Å². The highest BCUT2D eigenvalue weighted by atomic mass is 15.1. The van der Waals surface area contributed by atoms with Crippen LogP contribution in [0, 0.1) is 0 Å². The number of benzene rings is 3. The van der Waals surface area contributed by atoms with E-state index in [4.69, 9.17) is 9.98 Å². The molecule has 0 aliphatic carbocycles. The molecule has 3 nitrogen and oxygen atoms in total. The minimum Gasteiger partial charge on any atom is -0.326 e. The minimum atomic E-state index is 0.344. The Labute approximate surface area is 172 Å². The van der Waals surface area contributed by atoms with Crippen molar-refractivity contribution in [2.75, 3.05) is 0 Å². The van der Waals surface area contributed by atoms with Crippen molar-refractivity contribution in [3.63, 3.8) is 0 Å². The van der Waals surface area contributed by atoms with Crippen molar-refractivity contribution in [1.82, 2.24) is 9.55 Å². The summed E-state index contributed by atoms with van der Waals surface area (Å²) in [6.45, 7) is 4.36. The molecule has 3 aromatic carbocycles. The summed E-state index contributed by atoms with van der Waals surface area (Å²) in [5, 5.41) is 0. The van der Waals surface area contributed by atoms with Crippen molar-refractivity contribution in [1.29, 1.82) is 0 Å². The summed E-state index contributed by atoms with van der Waals surface area (Å²) in [5.74, 6) is 0.896. The smallest absolute Gasteiger partial charge is 0.151 e. The van der Waals surface area contributed by atoms with Gasteiger partial charge in [-0.15, -0.1) is 0 Å². The molecule has 0 saturated heterocycles. The van der Waals surface area contributed by atoms with E-state index in [1.807, 2.05) is 12.3 Å². The monoisotopic (exact) mass is 381 g/mol. The lowest BCUT2D eigenvalue weighted by atomic mass is 9.98. The number of nitrogens with zero attached hydrogens (tertiary/aromatic N) is 3. The zero-order valence-corrected chi connectivity index (χ0v) is 17.3. The number of fused-ring (bicyclic) bond motifs is 1. The summed E-state index contributed by atoms with van der Waals surface area (Å²) in [6.07, 6.45) is 4.03. The van der Waals surface area contributed by atoms with Gasteiger partial charge in [-0.05, 0) is 24.0 Å². The molecule has 3 heteroatoms. The van der Waals surface area contributed by atoms with Gasteiger partial charge in [0.15, 0.2) is 5.82 Å². The molecule has 0 spiro atoms. The Morgan fingerprint density at radius 3 is 1.97 bits per heavy atom. The molecule has 1 aromatic heterocycles. The number of aryl methyl sites for hydroxylation is 1. The second-order valence-electron chi connectivity index (χ2n) is 7.37. The third-order valence-corrected chi connectivity index (χ3v) is 5.57. The molecule has 0 radical (unpaired) electrons. The van der Waals surface area contributed by atoms with Crippen LogP contribution >= 0.6 is 0 Å². The number of hydrogen-bond donors (Lipinski definition) is 0. The predicted molar refractivity (Wildman–Crippen MR) is 124 cm³/mol. The van der Waals surface area contributed by atoms with Crippen molar-refractivity contribution in [2.24, 2.45) is 12.0 Å². The molecule has 4 rings (SSSR count). The van der Waals surface area contributed by atoms with E-state index in [0.29, 0.717) is 6.04 Å². The van der Waals surface area contributed by atoms with Crippen molar-refractivity contribution >= 4 is 17.2 Å². The molecule has 0 aliphatic heterocycles. The molecule has 0 unspecified atom stereocenters. The van der Waals surface area contributed by atoms with Crippen LogP contribution in [0.1, 0.15) is 32.5 Å². The first kappa shape index (κ1) is 19.1. The first-order valence-electron chi connectivity index (χ1n) is 10.4. The molecule has 0 fully saturated rings. The molecule has 146 valence electrons. The zero-order valence-electron chi connectivity index (χ0n) is 17.3. The molecule has 4 aromatic rings. The van der Waals surface area contributed by atoms with Gasteiger partial charge in [-0.25, -0.2) is 4.98 Å². The number of hydrogen-bond acceptors (Lipinski definition) is 2. The average Bonchev–Trinajstić information content (AvgIpc) is 3.11. The van der Waals surface area contributed by atoms with Crippen LogP contribution in [-0.2, 0) is 7.05 Å². The number of rotatable bonds is 6. The first-order chi connectivity index (χ1) is 14.2. The fourth-order valence-electron chi connectivity index (χ4n) is 3.82. The van der Waals surface area contributed by atoms with Gasteiger partial charge in [-0.1, -0.05) is 86.6 Å². The minimum absolute atomic E-state index is 0.344. The van der Waals surface area contributed by atoms with E-state index in [9.17, 15) is 0 Å². The van der Waals surface area contributed by atoms with Crippen LogP contribution in [0.5, 0.6) is 0 Å². The van der Waals surface area contributed by atoms with Gasteiger partial charge in [0, 0.05) is 24.2 Å². The third-order valence-electron chi connectivity index (χ3n) is 5.57. The van der Waals surface area contributed by atoms with Crippen molar-refractivity contribution in [2.45, 2.75) is 32.7 Å². The summed E-state index contributed by atoms with van der Waals surface area (Å²) in [5.41, 5.74) is 6.88. The van der Waals surface area contributed by atoms with Crippen molar-refractivity contribution in [3.05, 3.63) is 78.6 Å². The van der Waals surface area contributed by atoms with Crippen LogP contribution in [-0.4, -0.2) is 21.8 Å². The first-order valence-corrected chi connectivity index (χ1v) is 10.4. The average molecular weight is 382 g/mol. The summed E-state index contributed by atoms with van der Waals surface area (Å²) in [7, 11) is 2.09. The maximum absolute atomic E-state index is 5.03. The summed E-state index contributed by atoms with van der Waals surface area (Å²) in [4.78, 5) is 9.81. The van der Waals surface area contributed by atoms with E-state index in [2.05, 4.69) is 92.2 Å². The highest BCUT2D eigenvalue weighted by Gasteiger charge is 2.16. The Balaban J connectivity index is 1.95. The lowest BCUT2D eigenvalue weighted by Crippen LogP contribution is -2.03. The molecular formula is C26H27N3. The van der Waals surface area contributed by atoms with Crippen LogP contribution in [0.15, 0.2) is 77.8 Å². The van der Waals surface area contributed by atoms with E-state index >= 15 is 0 Å². The van der Waals surface area contributed by atoms with Gasteiger partial charge in [-0.3, -0.25) is 4.99 Å². The fourth-order valence-corrected chi connectivity index (χ4v) is 3.82. The molecule has 0 saturated carbocycles. The van der Waals surface area contributed by atoms with E-state index in [-0.39, 0.29) is 0 Å². The normalized spacial score (nSPS) is 11.7. The number of imidazole rings is 1. The Morgan fingerprint density at radius 1 is 0.828 bits per heavy atom. The van der Waals surface area contributed by atoms with Crippen LogP contribution in [0.4, 0.5) is 0 Å². The Morgan fingerprint density at radius 2 is 1.38 bits per heavy atom. The SMILES string of the molecule is CCC(CC)N=Cc1nc2c(-c3ccccc3)ccc(-c3ccccc3)c2n1C. The molecule has 1 heterocycles. The number of aliphatic imine (C=N–C) groups is 1. The quantitative estimate of drug-likeness (QED) is 0.350. The highest BCUT2D eigenvalue weighted by Crippen LogP contribution is 2.35. The van der Waals surface area contributed by atoms with Crippen LogP contribution in [0.2, 0.25) is 0 Å². The van der Waals surface area contributed by atoms with Gasteiger partial charge in [0.25, 0.3) is 0 Å². The van der Waals surface area contributed by atoms with E-state index in [0.717, 1.165) is 35.3 Å². The van der Waals surface area contributed by atoms with E-state index < -0.39 is 0 Å². The number of aromatic nitrogens is 2. The lowest BCUT2D eigenvalue weighted by Gasteiger charge is -2.10. The Hall–Kier alpha value is -3.20. The standard InChI is InChI=1S/C26H27N3/c1-4-21(5-2)27-18-24-28-25-22(19-12-8-6-9-13-19)16-17-23(26(25)29(24)3)20-14-10-7-11-15-20/h6-18,21H,4-5H2,1-3H3. The molecule has 0 bridgehead atoms. The predicted octanol–water partition coefficient (Wildman–Crippen LogP) is 6.51. The maximum atomic E-state index is 5.03. The fraction of sp³-hybridized carbons (Fsp3) is 0.231. The van der Waals surface area contributed by atoms with Gasteiger partial charge in [0.2, 0.25) is 0 Å². The summed E-state index contributed by atoms with van der Waals surface area (Å²) < 4.78 is 2.18. The molecule has 29 heavy (non-hydrogen) atoms. The van der Waals surface area contributed by atoms with Crippen LogP contribution < -0.4 is 0 Å². The van der Waals surface area contributed by atoms with Crippen LogP contribution in [0.25, 0.3) is 33.3 Å². The largest absolute Gasteiger partial charge is 0.326 e. The summed E-state index contributed by atoms with van der Waals surface area (Å²) in [6, 6.07) is 25.7. The van der Waals surface area contributed by atoms with Gasteiger partial charge in [0.1, 0.15) is 0 Å². The molecule has 0 atom stereocenters. The van der Waals surface area contributed by atoms with Crippen molar-refractivity contribution in [3.8, 4) is 22.3 Å².